The van der Waals surface area contributed by atoms with Gasteiger partial charge in [-0.2, -0.15) is 0 Å². The summed E-state index contributed by atoms with van der Waals surface area (Å²) in [5.74, 6) is 4.49. The summed E-state index contributed by atoms with van der Waals surface area (Å²) in [4.78, 5) is 0. The third-order valence-corrected chi connectivity index (χ3v) is 14.5. The molecule has 4 heterocycles. The van der Waals surface area contributed by atoms with E-state index >= 15 is 0 Å². The number of fused-ring (bicyclic) bond motifs is 4. The molecule has 0 aliphatic carbocycles. The van der Waals surface area contributed by atoms with Crippen LogP contribution in [0.3, 0.4) is 0 Å². The Morgan fingerprint density at radius 1 is 0.515 bits per heavy atom. The van der Waals surface area contributed by atoms with Crippen LogP contribution >= 0.6 is 7.92 Å². The van der Waals surface area contributed by atoms with Gasteiger partial charge in [-0.3, -0.25) is 0 Å². The average Bonchev–Trinajstić information content (AvgIpc) is 2.76. The van der Waals surface area contributed by atoms with Crippen molar-refractivity contribution in [1.82, 2.24) is 0 Å². The van der Waals surface area contributed by atoms with E-state index in [1.807, 2.05) is 0 Å². The molecule has 188 valence electrons. The third kappa shape index (κ3) is 7.77. The normalized spacial score (nSPS) is 31.0. The average molecular weight is 470 g/mol. The highest BCUT2D eigenvalue weighted by Gasteiger charge is 2.39. The standard InChI is InChI=1S/C30H57B2P/c1-30(2,3)33(24-8-4-6-22-31-26-14-10-15-27(31)17-11-16-26)25-9-5-7-23-32-28-18-12-19-29(32)21-13-20-28/h26-29H,4-25H2,1-3H3. The van der Waals surface area contributed by atoms with E-state index in [-0.39, 0.29) is 7.92 Å². The molecule has 4 fully saturated rings. The van der Waals surface area contributed by atoms with Crippen molar-refractivity contribution in [2.24, 2.45) is 0 Å². The van der Waals surface area contributed by atoms with Crippen molar-refractivity contribution in [2.75, 3.05) is 12.3 Å². The molecule has 0 N–H and O–H groups in total. The van der Waals surface area contributed by atoms with Crippen molar-refractivity contribution in [3.05, 3.63) is 0 Å². The quantitative estimate of drug-likeness (QED) is 0.151. The van der Waals surface area contributed by atoms with Crippen LogP contribution in [0.1, 0.15) is 136 Å². The Kier molecular flexibility index (Phi) is 10.7. The molecule has 0 amide bonds. The van der Waals surface area contributed by atoms with Crippen LogP contribution in [0.5, 0.6) is 0 Å². The number of hydrogen-bond acceptors (Lipinski definition) is 0. The second kappa shape index (κ2) is 13.2. The maximum atomic E-state index is 2.55. The van der Waals surface area contributed by atoms with Crippen molar-refractivity contribution in [2.45, 2.75) is 177 Å². The molecule has 4 saturated heterocycles. The molecule has 0 aromatic carbocycles. The molecular formula is C30H57B2P. The third-order valence-electron chi connectivity index (χ3n) is 10.9. The maximum Gasteiger partial charge on any atom is 0.146 e. The molecule has 0 atom stereocenters. The Hall–Kier alpha value is 0.560. The minimum atomic E-state index is 0.217. The molecule has 0 aromatic rings. The van der Waals surface area contributed by atoms with Gasteiger partial charge in [-0.25, -0.2) is 0 Å². The summed E-state index contributed by atoms with van der Waals surface area (Å²) < 4.78 is 0. The maximum absolute atomic E-state index is 2.55. The van der Waals surface area contributed by atoms with Gasteiger partial charge in [0.1, 0.15) is 13.4 Å². The molecular weight excluding hydrogens is 413 g/mol. The summed E-state index contributed by atoms with van der Waals surface area (Å²) in [5.41, 5.74) is 0. The highest BCUT2D eigenvalue weighted by atomic mass is 31.1. The zero-order chi connectivity index (χ0) is 23.1. The fourth-order valence-electron chi connectivity index (χ4n) is 9.07. The molecule has 0 nitrogen and oxygen atoms in total. The van der Waals surface area contributed by atoms with Crippen LogP contribution in [-0.4, -0.2) is 30.9 Å². The van der Waals surface area contributed by atoms with Gasteiger partial charge in [-0.1, -0.05) is 159 Å². The molecule has 4 aliphatic heterocycles. The smallest absolute Gasteiger partial charge is 0.101 e. The second-order valence-corrected chi connectivity index (χ2v) is 17.3. The molecule has 4 rings (SSSR count). The molecule has 4 aliphatic rings. The van der Waals surface area contributed by atoms with Crippen LogP contribution in [-0.2, 0) is 0 Å². The van der Waals surface area contributed by atoms with Crippen molar-refractivity contribution in [3.63, 3.8) is 0 Å². The molecule has 0 unspecified atom stereocenters. The molecule has 4 bridgehead atoms. The van der Waals surface area contributed by atoms with Crippen LogP contribution in [0.25, 0.3) is 0 Å². The van der Waals surface area contributed by atoms with Gasteiger partial charge in [0.15, 0.2) is 0 Å². The molecule has 0 spiro atoms. The first-order chi connectivity index (χ1) is 16.0. The largest absolute Gasteiger partial charge is 0.146 e. The second-order valence-electron chi connectivity index (χ2n) is 13.9. The van der Waals surface area contributed by atoms with Gasteiger partial charge in [0, 0.05) is 0 Å². The summed E-state index contributed by atoms with van der Waals surface area (Å²) in [6.45, 7) is 9.89. The Morgan fingerprint density at radius 3 is 1.15 bits per heavy atom. The van der Waals surface area contributed by atoms with Crippen LogP contribution < -0.4 is 0 Å². The van der Waals surface area contributed by atoms with Crippen molar-refractivity contribution >= 4 is 21.3 Å². The van der Waals surface area contributed by atoms with Crippen LogP contribution in [0.2, 0.25) is 35.9 Å². The van der Waals surface area contributed by atoms with E-state index in [4.69, 9.17) is 0 Å². The first-order valence-corrected chi connectivity index (χ1v) is 17.5. The Labute approximate surface area is 210 Å². The van der Waals surface area contributed by atoms with Crippen molar-refractivity contribution < 1.29 is 0 Å². The molecule has 3 heteroatoms. The summed E-state index contributed by atoms with van der Waals surface area (Å²) in [5, 5.41) is 0.566. The predicted octanol–water partition coefficient (Wildman–Crippen LogP) is 10.8. The van der Waals surface area contributed by atoms with E-state index < -0.39 is 0 Å². The Morgan fingerprint density at radius 2 is 0.848 bits per heavy atom. The topological polar surface area (TPSA) is 0 Å². The van der Waals surface area contributed by atoms with Gasteiger partial charge < -0.3 is 0 Å². The highest BCUT2D eigenvalue weighted by molar-refractivity contribution is 7.59. The SMILES string of the molecule is CC(C)(C)P(CCCCCB1C2CCCC1CCC2)CCCCCB1C2CCCC1CCC2. The van der Waals surface area contributed by atoms with E-state index in [2.05, 4.69) is 20.8 Å². The van der Waals surface area contributed by atoms with Crippen molar-refractivity contribution in [1.29, 1.82) is 0 Å². The molecule has 33 heavy (non-hydrogen) atoms. The van der Waals surface area contributed by atoms with Gasteiger partial charge in [0.2, 0.25) is 0 Å². The number of hydrogen-bond donors (Lipinski definition) is 0. The van der Waals surface area contributed by atoms with Gasteiger partial charge in [-0.15, -0.1) is 7.92 Å². The molecule has 0 aromatic heterocycles. The predicted molar refractivity (Wildman–Crippen MR) is 156 cm³/mol. The van der Waals surface area contributed by atoms with E-state index in [1.165, 1.54) is 38.5 Å². The lowest BCUT2D eigenvalue weighted by molar-refractivity contribution is 0.440. The van der Waals surface area contributed by atoms with Crippen LogP contribution in [0.4, 0.5) is 0 Å². The summed E-state index contributed by atoms with van der Waals surface area (Å²) in [6, 6.07) is 0. The lowest BCUT2D eigenvalue weighted by atomic mass is 9.26. The summed E-state index contributed by atoms with van der Waals surface area (Å²) in [7, 11) is 0.217. The van der Waals surface area contributed by atoms with Crippen LogP contribution in [0.15, 0.2) is 0 Å². The fraction of sp³-hybridized carbons (Fsp3) is 1.00. The lowest BCUT2D eigenvalue weighted by Gasteiger charge is -2.40. The summed E-state index contributed by atoms with van der Waals surface area (Å²) >= 11 is 0. The minimum absolute atomic E-state index is 0.217. The monoisotopic (exact) mass is 470 g/mol. The fourth-order valence-corrected chi connectivity index (χ4v) is 11.8. The van der Waals surface area contributed by atoms with Gasteiger partial charge in [-0.05, 0) is 30.3 Å². The minimum Gasteiger partial charge on any atom is -0.101 e. The number of unbranched alkanes of at least 4 members (excludes halogenated alkanes) is 4. The summed E-state index contributed by atoms with van der Waals surface area (Å²) in [6.07, 6.45) is 34.2. The molecule has 0 saturated carbocycles. The van der Waals surface area contributed by atoms with Gasteiger partial charge in [0.05, 0.1) is 0 Å². The van der Waals surface area contributed by atoms with E-state index in [0.29, 0.717) is 5.16 Å². The lowest BCUT2D eigenvalue weighted by Crippen LogP contribution is -2.34. The van der Waals surface area contributed by atoms with Gasteiger partial charge >= 0.3 is 0 Å². The molecule has 0 radical (unpaired) electrons. The van der Waals surface area contributed by atoms with Crippen LogP contribution in [0, 0.1) is 0 Å². The highest BCUT2D eigenvalue weighted by Crippen LogP contribution is 2.52. The Balaban J connectivity index is 1.09. The zero-order valence-electron chi connectivity index (χ0n) is 23.0. The first-order valence-electron chi connectivity index (χ1n) is 15.8. The first kappa shape index (κ1) is 26.6. The van der Waals surface area contributed by atoms with E-state index in [1.54, 1.807) is 102 Å². The van der Waals surface area contributed by atoms with Gasteiger partial charge in [0.25, 0.3) is 0 Å². The Bertz CT molecular complexity index is 472. The van der Waals surface area contributed by atoms with E-state index in [0.717, 1.165) is 36.7 Å². The zero-order valence-corrected chi connectivity index (χ0v) is 23.9. The van der Waals surface area contributed by atoms with E-state index in [9.17, 15) is 0 Å². The van der Waals surface area contributed by atoms with Crippen molar-refractivity contribution in [3.8, 4) is 0 Å². The number of rotatable bonds is 12.